The summed E-state index contributed by atoms with van der Waals surface area (Å²) in [4.78, 5) is 29.6. The number of hydrogen-bond donors (Lipinski definition) is 1. The Morgan fingerprint density at radius 3 is 2.58 bits per heavy atom. The fraction of sp³-hybridized carbons (Fsp3) is 0.0870. The molecule has 0 saturated heterocycles. The highest BCUT2D eigenvalue weighted by molar-refractivity contribution is 7.07. The van der Waals surface area contributed by atoms with Gasteiger partial charge in [0.15, 0.2) is 4.80 Å². The first-order valence-electron chi connectivity index (χ1n) is 9.48. The van der Waals surface area contributed by atoms with Gasteiger partial charge in [-0.3, -0.25) is 9.59 Å². The van der Waals surface area contributed by atoms with Crippen LogP contribution in [0.3, 0.4) is 0 Å². The number of carbonyl (C=O) groups excluding carboxylic acids is 2. The normalized spacial score (nSPS) is 11.5. The number of carbonyl (C=O) groups is 2. The van der Waals surface area contributed by atoms with Gasteiger partial charge in [0.1, 0.15) is 11.6 Å². The number of benzene rings is 2. The molecule has 0 atom stereocenters. The van der Waals surface area contributed by atoms with E-state index >= 15 is 0 Å². The molecule has 0 radical (unpaired) electrons. The average molecular weight is 435 g/mol. The van der Waals surface area contributed by atoms with E-state index in [0.29, 0.717) is 22.7 Å². The summed E-state index contributed by atoms with van der Waals surface area (Å²) in [5.74, 6) is -0.841. The van der Waals surface area contributed by atoms with Crippen LogP contribution in [0.1, 0.15) is 32.0 Å². The Labute approximate surface area is 181 Å². The summed E-state index contributed by atoms with van der Waals surface area (Å²) in [5.41, 5.74) is 1.19. The van der Waals surface area contributed by atoms with E-state index in [0.717, 1.165) is 5.56 Å². The maximum absolute atomic E-state index is 13.9. The van der Waals surface area contributed by atoms with Crippen LogP contribution in [0.15, 0.2) is 87.9 Å². The third kappa shape index (κ3) is 4.87. The first kappa shape index (κ1) is 20.5. The molecule has 1 N–H and O–H groups in total. The van der Waals surface area contributed by atoms with Crippen molar-refractivity contribution in [2.75, 3.05) is 0 Å². The molecule has 2 amide bonds. The molecule has 8 heteroatoms. The lowest BCUT2D eigenvalue weighted by atomic mass is 10.1. The van der Waals surface area contributed by atoms with Crippen LogP contribution in [0.5, 0.6) is 0 Å². The summed E-state index contributed by atoms with van der Waals surface area (Å²) in [6.07, 6.45) is 3.33. The van der Waals surface area contributed by atoms with Gasteiger partial charge >= 0.3 is 0 Å². The van der Waals surface area contributed by atoms with Crippen molar-refractivity contribution in [3.8, 4) is 0 Å². The van der Waals surface area contributed by atoms with Crippen LogP contribution in [-0.2, 0) is 13.1 Å². The Morgan fingerprint density at radius 1 is 1.03 bits per heavy atom. The molecule has 31 heavy (non-hydrogen) atoms. The molecule has 156 valence electrons. The van der Waals surface area contributed by atoms with Gasteiger partial charge in [0.05, 0.1) is 24.9 Å². The third-order valence-corrected chi connectivity index (χ3v) is 5.36. The molecule has 0 unspecified atom stereocenters. The van der Waals surface area contributed by atoms with E-state index in [2.05, 4.69) is 10.3 Å². The second-order valence-electron chi connectivity index (χ2n) is 6.63. The lowest BCUT2D eigenvalue weighted by molar-refractivity contribution is 0.0945. The van der Waals surface area contributed by atoms with E-state index in [-0.39, 0.29) is 18.0 Å². The van der Waals surface area contributed by atoms with Crippen molar-refractivity contribution >= 4 is 23.2 Å². The van der Waals surface area contributed by atoms with Crippen LogP contribution in [0, 0.1) is 5.82 Å². The van der Waals surface area contributed by atoms with Gasteiger partial charge in [0.25, 0.3) is 11.8 Å². The number of nitrogens with zero attached hydrogens (tertiary/aromatic N) is 2. The zero-order valence-electron chi connectivity index (χ0n) is 16.3. The van der Waals surface area contributed by atoms with E-state index in [1.165, 1.54) is 29.5 Å². The van der Waals surface area contributed by atoms with Crippen molar-refractivity contribution in [1.82, 2.24) is 9.88 Å². The monoisotopic (exact) mass is 435 g/mol. The maximum Gasteiger partial charge on any atom is 0.282 e. The molecule has 0 aliphatic carbocycles. The van der Waals surface area contributed by atoms with Gasteiger partial charge in [-0.15, -0.1) is 11.3 Å². The molecule has 4 aromatic rings. The summed E-state index contributed by atoms with van der Waals surface area (Å²) in [7, 11) is 0. The summed E-state index contributed by atoms with van der Waals surface area (Å²) < 4.78 is 20.9. The van der Waals surface area contributed by atoms with E-state index in [1.807, 2.05) is 12.1 Å². The SMILES string of the molecule is O=C(N=c1sccn1Cc1ccccc1C(=O)NCc1ccco1)c1ccccc1F. The second kappa shape index (κ2) is 9.36. The number of amides is 2. The largest absolute Gasteiger partial charge is 0.467 e. The van der Waals surface area contributed by atoms with Crippen molar-refractivity contribution in [2.24, 2.45) is 4.99 Å². The maximum atomic E-state index is 13.9. The van der Waals surface area contributed by atoms with Crippen molar-refractivity contribution in [3.63, 3.8) is 0 Å². The molecule has 6 nitrogen and oxygen atoms in total. The number of aromatic nitrogens is 1. The number of nitrogens with one attached hydrogen (secondary N) is 1. The standard InChI is InChI=1S/C23H18FN3O3S/c24-20-10-4-3-9-19(20)22(29)26-23-27(11-13-31-23)15-16-6-1-2-8-18(16)21(28)25-14-17-7-5-12-30-17/h1-13H,14-15H2,(H,25,28). The van der Waals surface area contributed by atoms with Gasteiger partial charge in [-0.25, -0.2) is 4.39 Å². The molecule has 0 aliphatic rings. The minimum Gasteiger partial charge on any atom is -0.467 e. The Bertz CT molecular complexity index is 1270. The van der Waals surface area contributed by atoms with Crippen LogP contribution < -0.4 is 10.1 Å². The quantitative estimate of drug-likeness (QED) is 0.497. The predicted octanol–water partition coefficient (Wildman–Crippen LogP) is 4.00. The third-order valence-electron chi connectivity index (χ3n) is 4.57. The van der Waals surface area contributed by atoms with Gasteiger partial charge in [0.2, 0.25) is 0 Å². The number of rotatable bonds is 6. The fourth-order valence-corrected chi connectivity index (χ4v) is 3.75. The van der Waals surface area contributed by atoms with E-state index in [9.17, 15) is 14.0 Å². The Hall–Kier alpha value is -3.78. The Balaban J connectivity index is 1.56. The minimum absolute atomic E-state index is 0.0832. The van der Waals surface area contributed by atoms with Crippen LogP contribution in [0.4, 0.5) is 4.39 Å². The first-order chi connectivity index (χ1) is 15.1. The summed E-state index contributed by atoms with van der Waals surface area (Å²) >= 11 is 1.26. The van der Waals surface area contributed by atoms with E-state index < -0.39 is 11.7 Å². The Morgan fingerprint density at radius 2 is 1.81 bits per heavy atom. The van der Waals surface area contributed by atoms with Crippen LogP contribution in [0.25, 0.3) is 0 Å². The number of thiazole rings is 1. The molecular formula is C23H18FN3O3S. The second-order valence-corrected chi connectivity index (χ2v) is 7.50. The summed E-state index contributed by atoms with van der Waals surface area (Å²) in [5, 5.41) is 4.62. The van der Waals surface area contributed by atoms with Crippen molar-refractivity contribution in [1.29, 1.82) is 0 Å². The summed E-state index contributed by atoms with van der Waals surface area (Å²) in [6, 6.07) is 16.5. The molecule has 0 bridgehead atoms. The molecule has 2 aromatic carbocycles. The lowest BCUT2D eigenvalue weighted by Crippen LogP contribution is -2.25. The van der Waals surface area contributed by atoms with Crippen LogP contribution >= 0.6 is 11.3 Å². The van der Waals surface area contributed by atoms with Gasteiger partial charge in [-0.05, 0) is 35.9 Å². The van der Waals surface area contributed by atoms with E-state index in [4.69, 9.17) is 4.42 Å². The van der Waals surface area contributed by atoms with Crippen molar-refractivity contribution in [3.05, 3.63) is 112 Å². The molecule has 0 fully saturated rings. The molecule has 2 aromatic heterocycles. The number of halogens is 1. The van der Waals surface area contributed by atoms with Crippen molar-refractivity contribution < 1.29 is 18.4 Å². The van der Waals surface area contributed by atoms with Gasteiger partial charge in [0, 0.05) is 17.1 Å². The Kier molecular flexibility index (Phi) is 6.18. The summed E-state index contributed by atoms with van der Waals surface area (Å²) in [6.45, 7) is 0.612. The predicted molar refractivity (Wildman–Crippen MR) is 114 cm³/mol. The lowest BCUT2D eigenvalue weighted by Gasteiger charge is -2.10. The number of furan rings is 1. The molecule has 0 spiro atoms. The van der Waals surface area contributed by atoms with Gasteiger partial charge < -0.3 is 14.3 Å². The topological polar surface area (TPSA) is 76.6 Å². The first-order valence-corrected chi connectivity index (χ1v) is 10.4. The van der Waals surface area contributed by atoms with Crippen LogP contribution in [-0.4, -0.2) is 16.4 Å². The van der Waals surface area contributed by atoms with Gasteiger partial charge in [-0.1, -0.05) is 30.3 Å². The minimum atomic E-state index is -0.654. The van der Waals surface area contributed by atoms with Crippen molar-refractivity contribution in [2.45, 2.75) is 13.1 Å². The fourth-order valence-electron chi connectivity index (χ4n) is 3.03. The highest BCUT2D eigenvalue weighted by Gasteiger charge is 2.13. The molecule has 2 heterocycles. The molecule has 0 saturated carbocycles. The molecular weight excluding hydrogens is 417 g/mol. The number of hydrogen-bond acceptors (Lipinski definition) is 4. The van der Waals surface area contributed by atoms with Gasteiger partial charge in [-0.2, -0.15) is 4.99 Å². The highest BCUT2D eigenvalue weighted by Crippen LogP contribution is 2.12. The molecule has 4 rings (SSSR count). The molecule has 0 aliphatic heterocycles. The van der Waals surface area contributed by atoms with Crippen LogP contribution in [0.2, 0.25) is 0 Å². The zero-order valence-corrected chi connectivity index (χ0v) is 17.1. The highest BCUT2D eigenvalue weighted by atomic mass is 32.1. The smallest absolute Gasteiger partial charge is 0.282 e. The zero-order chi connectivity index (χ0) is 21.6. The van der Waals surface area contributed by atoms with E-state index in [1.54, 1.807) is 52.7 Å². The average Bonchev–Trinajstić information content (AvgIpc) is 3.45.